The molecule has 1 aromatic heterocycles. The van der Waals surface area contributed by atoms with E-state index in [9.17, 15) is 5.11 Å². The van der Waals surface area contributed by atoms with Gasteiger partial charge in [-0.25, -0.2) is 0 Å². The second-order valence-electron chi connectivity index (χ2n) is 3.57. The van der Waals surface area contributed by atoms with Crippen LogP contribution in [0.3, 0.4) is 0 Å². The molecule has 1 unspecified atom stereocenters. The Morgan fingerprint density at radius 3 is 2.53 bits per heavy atom. The molecule has 2 rings (SSSR count). The molecule has 0 aliphatic carbocycles. The molecule has 1 aromatic carbocycles. The first-order valence-corrected chi connectivity index (χ1v) is 6.07. The van der Waals surface area contributed by atoms with Crippen LogP contribution in [0.15, 0.2) is 35.7 Å². The van der Waals surface area contributed by atoms with Gasteiger partial charge in [0.2, 0.25) is 0 Å². The van der Waals surface area contributed by atoms with E-state index in [0.717, 1.165) is 21.9 Å². The van der Waals surface area contributed by atoms with Crippen molar-refractivity contribution in [1.82, 2.24) is 0 Å². The first kappa shape index (κ1) is 12.0. The number of rotatable bonds is 4. The maximum atomic E-state index is 10.2. The van der Waals surface area contributed by atoms with Crippen molar-refractivity contribution < 1.29 is 14.6 Å². The number of methoxy groups -OCH3 is 2. The first-order valence-electron chi connectivity index (χ1n) is 5.19. The number of thiophene rings is 1. The summed E-state index contributed by atoms with van der Waals surface area (Å²) in [6.45, 7) is 0. The Balaban J connectivity index is 2.26. The zero-order valence-corrected chi connectivity index (χ0v) is 10.5. The van der Waals surface area contributed by atoms with Crippen LogP contribution in [0, 0.1) is 0 Å². The zero-order valence-electron chi connectivity index (χ0n) is 9.71. The van der Waals surface area contributed by atoms with E-state index in [-0.39, 0.29) is 0 Å². The summed E-state index contributed by atoms with van der Waals surface area (Å²) in [4.78, 5) is 0.857. The highest BCUT2D eigenvalue weighted by molar-refractivity contribution is 7.10. The van der Waals surface area contributed by atoms with Crippen LogP contribution in [0.25, 0.3) is 0 Å². The number of hydrogen-bond acceptors (Lipinski definition) is 4. The molecule has 0 amide bonds. The molecule has 3 nitrogen and oxygen atoms in total. The van der Waals surface area contributed by atoms with Crippen molar-refractivity contribution in [3.63, 3.8) is 0 Å². The van der Waals surface area contributed by atoms with Crippen molar-refractivity contribution in [1.29, 1.82) is 0 Å². The fraction of sp³-hybridized carbons (Fsp3) is 0.231. The molecule has 0 aliphatic heterocycles. The molecule has 90 valence electrons. The molecular weight excluding hydrogens is 236 g/mol. The van der Waals surface area contributed by atoms with Gasteiger partial charge in [-0.2, -0.15) is 0 Å². The first-order chi connectivity index (χ1) is 8.24. The summed E-state index contributed by atoms with van der Waals surface area (Å²) >= 11 is 1.47. The lowest BCUT2D eigenvalue weighted by Gasteiger charge is -2.10. The molecule has 0 fully saturated rings. The second kappa shape index (κ2) is 5.21. The molecule has 4 heteroatoms. The van der Waals surface area contributed by atoms with E-state index in [4.69, 9.17) is 9.47 Å². The van der Waals surface area contributed by atoms with Crippen LogP contribution < -0.4 is 9.47 Å². The van der Waals surface area contributed by atoms with Gasteiger partial charge in [-0.05, 0) is 23.8 Å². The Morgan fingerprint density at radius 2 is 1.88 bits per heavy atom. The smallest absolute Gasteiger partial charge is 0.129 e. The SMILES string of the molecule is COc1cccc(C(O)c2cc(OC)cs2)c1. The van der Waals surface area contributed by atoms with Crippen molar-refractivity contribution in [2.75, 3.05) is 14.2 Å². The van der Waals surface area contributed by atoms with Crippen LogP contribution in [0.5, 0.6) is 11.5 Å². The standard InChI is InChI=1S/C13H14O3S/c1-15-10-5-3-4-9(6-10)13(14)12-7-11(16-2)8-17-12/h3-8,13-14H,1-2H3. The van der Waals surface area contributed by atoms with Crippen molar-refractivity contribution in [3.8, 4) is 11.5 Å². The van der Waals surface area contributed by atoms with Crippen molar-refractivity contribution in [2.45, 2.75) is 6.10 Å². The number of hydrogen-bond donors (Lipinski definition) is 1. The Morgan fingerprint density at radius 1 is 1.12 bits per heavy atom. The van der Waals surface area contributed by atoms with Gasteiger partial charge < -0.3 is 14.6 Å². The fourth-order valence-corrected chi connectivity index (χ4v) is 2.43. The van der Waals surface area contributed by atoms with Crippen LogP contribution in [0.1, 0.15) is 16.5 Å². The predicted molar refractivity (Wildman–Crippen MR) is 67.9 cm³/mol. The van der Waals surface area contributed by atoms with Gasteiger partial charge in [0.25, 0.3) is 0 Å². The molecule has 0 aliphatic rings. The third kappa shape index (κ3) is 2.60. The second-order valence-corrected chi connectivity index (χ2v) is 4.51. The van der Waals surface area contributed by atoms with E-state index < -0.39 is 6.10 Å². The van der Waals surface area contributed by atoms with E-state index in [1.54, 1.807) is 14.2 Å². The summed E-state index contributed by atoms with van der Waals surface area (Å²) in [5, 5.41) is 12.1. The Kier molecular flexibility index (Phi) is 3.66. The van der Waals surface area contributed by atoms with Crippen LogP contribution in [-0.4, -0.2) is 19.3 Å². The third-order valence-electron chi connectivity index (χ3n) is 2.51. The van der Waals surface area contributed by atoms with Crippen LogP contribution >= 0.6 is 11.3 Å². The molecule has 0 spiro atoms. The maximum Gasteiger partial charge on any atom is 0.129 e. The summed E-state index contributed by atoms with van der Waals surface area (Å²) in [6, 6.07) is 9.26. The summed E-state index contributed by atoms with van der Waals surface area (Å²) in [5.41, 5.74) is 0.814. The van der Waals surface area contributed by atoms with E-state index in [1.165, 1.54) is 11.3 Å². The number of benzene rings is 1. The van der Waals surface area contributed by atoms with Crippen LogP contribution in [0.2, 0.25) is 0 Å². The van der Waals surface area contributed by atoms with Gasteiger partial charge in [0.05, 0.1) is 14.2 Å². The van der Waals surface area contributed by atoms with E-state index in [2.05, 4.69) is 0 Å². The lowest BCUT2D eigenvalue weighted by atomic mass is 10.1. The number of aliphatic hydroxyl groups is 1. The van der Waals surface area contributed by atoms with Crippen LogP contribution in [-0.2, 0) is 0 Å². The van der Waals surface area contributed by atoms with Gasteiger partial charge in [-0.15, -0.1) is 11.3 Å². The molecule has 0 saturated carbocycles. The molecule has 0 saturated heterocycles. The number of ether oxygens (including phenoxy) is 2. The Hall–Kier alpha value is -1.52. The highest BCUT2D eigenvalue weighted by atomic mass is 32.1. The summed E-state index contributed by atoms with van der Waals surface area (Å²) in [6.07, 6.45) is -0.640. The molecule has 1 heterocycles. The minimum atomic E-state index is -0.640. The molecule has 17 heavy (non-hydrogen) atoms. The van der Waals surface area contributed by atoms with Gasteiger partial charge in [0.15, 0.2) is 0 Å². The van der Waals surface area contributed by atoms with Gasteiger partial charge in [0, 0.05) is 10.3 Å². The molecule has 0 bridgehead atoms. The highest BCUT2D eigenvalue weighted by Gasteiger charge is 2.13. The maximum absolute atomic E-state index is 10.2. The Labute approximate surface area is 104 Å². The highest BCUT2D eigenvalue weighted by Crippen LogP contribution is 2.31. The van der Waals surface area contributed by atoms with Gasteiger partial charge in [0.1, 0.15) is 17.6 Å². The Bertz CT molecular complexity index is 493. The summed E-state index contributed by atoms with van der Waals surface area (Å²) < 4.78 is 10.2. The molecule has 2 aromatic rings. The van der Waals surface area contributed by atoms with Crippen molar-refractivity contribution >= 4 is 11.3 Å². The molecule has 1 atom stereocenters. The predicted octanol–water partition coefficient (Wildman–Crippen LogP) is 2.85. The molecule has 1 N–H and O–H groups in total. The molecular formula is C13H14O3S. The van der Waals surface area contributed by atoms with Gasteiger partial charge in [-0.3, -0.25) is 0 Å². The average molecular weight is 250 g/mol. The average Bonchev–Trinajstić information content (AvgIpc) is 2.86. The topological polar surface area (TPSA) is 38.7 Å². The summed E-state index contributed by atoms with van der Waals surface area (Å²) in [5.74, 6) is 1.51. The third-order valence-corrected chi connectivity index (χ3v) is 3.47. The lowest BCUT2D eigenvalue weighted by Crippen LogP contribution is -1.97. The van der Waals surface area contributed by atoms with E-state index in [0.29, 0.717) is 0 Å². The lowest BCUT2D eigenvalue weighted by molar-refractivity contribution is 0.223. The summed E-state index contributed by atoms with van der Waals surface area (Å²) in [7, 11) is 3.23. The molecule has 0 radical (unpaired) electrons. The minimum Gasteiger partial charge on any atom is -0.497 e. The van der Waals surface area contributed by atoms with Gasteiger partial charge >= 0.3 is 0 Å². The quantitative estimate of drug-likeness (QED) is 0.906. The largest absolute Gasteiger partial charge is 0.497 e. The van der Waals surface area contributed by atoms with Crippen molar-refractivity contribution in [2.24, 2.45) is 0 Å². The fourth-order valence-electron chi connectivity index (χ4n) is 1.56. The zero-order chi connectivity index (χ0) is 12.3. The van der Waals surface area contributed by atoms with E-state index in [1.807, 2.05) is 35.7 Å². The van der Waals surface area contributed by atoms with Crippen LogP contribution in [0.4, 0.5) is 0 Å². The van der Waals surface area contributed by atoms with E-state index >= 15 is 0 Å². The normalized spacial score (nSPS) is 12.2. The van der Waals surface area contributed by atoms with Crippen molar-refractivity contribution in [3.05, 3.63) is 46.2 Å². The number of aliphatic hydroxyl groups excluding tert-OH is 1. The monoisotopic (exact) mass is 250 g/mol. The van der Waals surface area contributed by atoms with Gasteiger partial charge in [-0.1, -0.05) is 12.1 Å². The minimum absolute atomic E-state index is 0.640.